The minimum absolute atomic E-state index is 0.0498. The van der Waals surface area contributed by atoms with Crippen molar-refractivity contribution in [3.63, 3.8) is 0 Å². The number of carbonyl (C=O) groups is 1. The van der Waals surface area contributed by atoms with E-state index in [9.17, 15) is 14.9 Å². The summed E-state index contributed by atoms with van der Waals surface area (Å²) in [4.78, 5) is 22.5. The van der Waals surface area contributed by atoms with Gasteiger partial charge >= 0.3 is 0 Å². The number of nitrogens with one attached hydrogen (secondary N) is 2. The van der Waals surface area contributed by atoms with Gasteiger partial charge < -0.3 is 10.6 Å². The SMILES string of the molecule is CNC(C)CNC(=O)c1nnn(-c2cccc([N+](=O)[O-])c2)c1C. The van der Waals surface area contributed by atoms with E-state index in [2.05, 4.69) is 20.9 Å². The van der Waals surface area contributed by atoms with E-state index in [0.29, 0.717) is 17.9 Å². The molecule has 0 aliphatic carbocycles. The van der Waals surface area contributed by atoms with Crippen LogP contribution in [-0.2, 0) is 0 Å². The molecule has 9 nitrogen and oxygen atoms in total. The van der Waals surface area contributed by atoms with E-state index in [0.717, 1.165) is 0 Å². The number of carbonyl (C=O) groups excluding carboxylic acids is 1. The van der Waals surface area contributed by atoms with Crippen LogP contribution in [-0.4, -0.2) is 45.5 Å². The molecule has 1 amide bonds. The lowest BCUT2D eigenvalue weighted by atomic mass is 10.2. The van der Waals surface area contributed by atoms with Crippen molar-refractivity contribution in [1.82, 2.24) is 25.6 Å². The number of nitro benzene ring substituents is 1. The fourth-order valence-corrected chi connectivity index (χ4v) is 1.95. The molecular formula is C14H18N6O3. The topological polar surface area (TPSA) is 115 Å². The Labute approximate surface area is 132 Å². The van der Waals surface area contributed by atoms with Crippen molar-refractivity contribution in [2.45, 2.75) is 19.9 Å². The third-order valence-electron chi connectivity index (χ3n) is 3.46. The van der Waals surface area contributed by atoms with E-state index in [-0.39, 0.29) is 23.3 Å². The van der Waals surface area contributed by atoms with Crippen LogP contribution >= 0.6 is 0 Å². The first-order valence-corrected chi connectivity index (χ1v) is 7.06. The van der Waals surface area contributed by atoms with Gasteiger partial charge in [0, 0.05) is 24.7 Å². The zero-order valence-corrected chi connectivity index (χ0v) is 13.1. The molecule has 0 saturated carbocycles. The molecule has 2 N–H and O–H groups in total. The zero-order valence-electron chi connectivity index (χ0n) is 13.1. The summed E-state index contributed by atoms with van der Waals surface area (Å²) < 4.78 is 1.41. The predicted molar refractivity (Wildman–Crippen MR) is 83.6 cm³/mol. The lowest BCUT2D eigenvalue weighted by Gasteiger charge is -2.10. The Kier molecular flexibility index (Phi) is 5.02. The normalized spacial score (nSPS) is 12.0. The molecular weight excluding hydrogens is 300 g/mol. The first kappa shape index (κ1) is 16.6. The fraction of sp³-hybridized carbons (Fsp3) is 0.357. The van der Waals surface area contributed by atoms with Crippen molar-refractivity contribution in [2.75, 3.05) is 13.6 Å². The van der Waals surface area contributed by atoms with Gasteiger partial charge in [0.1, 0.15) is 0 Å². The number of benzene rings is 1. The minimum Gasteiger partial charge on any atom is -0.349 e. The number of hydrogen-bond acceptors (Lipinski definition) is 6. The van der Waals surface area contributed by atoms with Crippen molar-refractivity contribution in [1.29, 1.82) is 0 Å². The second-order valence-corrected chi connectivity index (χ2v) is 5.11. The Morgan fingerprint density at radius 2 is 2.22 bits per heavy atom. The van der Waals surface area contributed by atoms with Crippen molar-refractivity contribution in [3.05, 3.63) is 45.8 Å². The molecule has 9 heteroatoms. The summed E-state index contributed by atoms with van der Waals surface area (Å²) in [5.74, 6) is -0.332. The average Bonchev–Trinajstić information content (AvgIpc) is 2.94. The Morgan fingerprint density at radius 1 is 1.48 bits per heavy atom. The Balaban J connectivity index is 2.24. The number of nitrogens with zero attached hydrogens (tertiary/aromatic N) is 4. The number of aromatic nitrogens is 3. The monoisotopic (exact) mass is 318 g/mol. The van der Waals surface area contributed by atoms with Crippen LogP contribution in [0.4, 0.5) is 5.69 Å². The van der Waals surface area contributed by atoms with Crippen LogP contribution < -0.4 is 10.6 Å². The third-order valence-corrected chi connectivity index (χ3v) is 3.46. The maximum atomic E-state index is 12.1. The van der Waals surface area contributed by atoms with Gasteiger partial charge in [-0.25, -0.2) is 4.68 Å². The summed E-state index contributed by atoms with van der Waals surface area (Å²) in [7, 11) is 1.81. The third kappa shape index (κ3) is 3.69. The maximum absolute atomic E-state index is 12.1. The van der Waals surface area contributed by atoms with Gasteiger partial charge in [-0.15, -0.1) is 5.10 Å². The minimum atomic E-state index is -0.484. The highest BCUT2D eigenvalue weighted by atomic mass is 16.6. The van der Waals surface area contributed by atoms with Crippen molar-refractivity contribution < 1.29 is 9.72 Å². The summed E-state index contributed by atoms with van der Waals surface area (Å²) >= 11 is 0. The van der Waals surface area contributed by atoms with Gasteiger partial charge in [0.15, 0.2) is 5.69 Å². The van der Waals surface area contributed by atoms with Gasteiger partial charge in [0.05, 0.1) is 16.3 Å². The van der Waals surface area contributed by atoms with Gasteiger partial charge in [-0.2, -0.15) is 0 Å². The van der Waals surface area contributed by atoms with Gasteiger partial charge in [0.2, 0.25) is 0 Å². The van der Waals surface area contributed by atoms with Crippen LogP contribution in [0.15, 0.2) is 24.3 Å². The van der Waals surface area contributed by atoms with Crippen molar-refractivity contribution >= 4 is 11.6 Å². The molecule has 0 aliphatic rings. The standard InChI is InChI=1S/C14H18N6O3/c1-9(15-3)8-16-14(21)13-10(2)19(18-17-13)11-5-4-6-12(7-11)20(22)23/h4-7,9,15H,8H2,1-3H3,(H,16,21). The summed E-state index contributed by atoms with van der Waals surface area (Å²) in [6.45, 7) is 4.08. The number of likely N-dealkylation sites (N-methyl/N-ethyl adjacent to an activating group) is 1. The van der Waals surface area contributed by atoms with E-state index in [1.165, 1.54) is 16.8 Å². The number of hydrogen-bond donors (Lipinski definition) is 2. The highest BCUT2D eigenvalue weighted by molar-refractivity contribution is 5.93. The molecule has 1 heterocycles. The molecule has 1 unspecified atom stereocenters. The largest absolute Gasteiger partial charge is 0.349 e. The Bertz CT molecular complexity index is 727. The van der Waals surface area contributed by atoms with Gasteiger partial charge in [0.25, 0.3) is 11.6 Å². The molecule has 0 saturated heterocycles. The highest BCUT2D eigenvalue weighted by Crippen LogP contribution is 2.18. The molecule has 23 heavy (non-hydrogen) atoms. The first-order chi connectivity index (χ1) is 10.9. The summed E-state index contributed by atoms with van der Waals surface area (Å²) in [6.07, 6.45) is 0. The molecule has 122 valence electrons. The van der Waals surface area contributed by atoms with E-state index >= 15 is 0 Å². The number of nitro groups is 1. The van der Waals surface area contributed by atoms with E-state index in [1.807, 2.05) is 6.92 Å². The zero-order chi connectivity index (χ0) is 17.0. The quantitative estimate of drug-likeness (QED) is 0.602. The summed E-state index contributed by atoms with van der Waals surface area (Å²) in [5.41, 5.74) is 1.14. The first-order valence-electron chi connectivity index (χ1n) is 7.06. The molecule has 1 atom stereocenters. The Hall–Kier alpha value is -2.81. The average molecular weight is 318 g/mol. The molecule has 1 aromatic heterocycles. The van der Waals surface area contributed by atoms with Crippen LogP contribution in [0.25, 0.3) is 5.69 Å². The summed E-state index contributed by atoms with van der Waals surface area (Å²) in [6, 6.07) is 6.13. The van der Waals surface area contributed by atoms with Crippen LogP contribution in [0.1, 0.15) is 23.1 Å². The highest BCUT2D eigenvalue weighted by Gasteiger charge is 2.18. The lowest BCUT2D eigenvalue weighted by molar-refractivity contribution is -0.384. The van der Waals surface area contributed by atoms with Crippen molar-refractivity contribution in [3.8, 4) is 5.69 Å². The number of non-ortho nitro benzene ring substituents is 1. The molecule has 0 radical (unpaired) electrons. The van der Waals surface area contributed by atoms with Crippen molar-refractivity contribution in [2.24, 2.45) is 0 Å². The molecule has 2 rings (SSSR count). The molecule has 0 bridgehead atoms. The Morgan fingerprint density at radius 3 is 2.87 bits per heavy atom. The second kappa shape index (κ2) is 6.97. The number of rotatable bonds is 6. The van der Waals surface area contributed by atoms with E-state index in [4.69, 9.17) is 0 Å². The van der Waals surface area contributed by atoms with E-state index in [1.54, 1.807) is 26.1 Å². The molecule has 2 aromatic rings. The van der Waals surface area contributed by atoms with E-state index < -0.39 is 4.92 Å². The molecule has 0 aliphatic heterocycles. The summed E-state index contributed by atoms with van der Waals surface area (Å²) in [5, 5.41) is 24.4. The van der Waals surface area contributed by atoms with Gasteiger partial charge in [-0.3, -0.25) is 14.9 Å². The van der Waals surface area contributed by atoms with Crippen LogP contribution in [0.2, 0.25) is 0 Å². The molecule has 1 aromatic carbocycles. The predicted octanol–water partition coefficient (Wildman–Crippen LogP) is 0.822. The fourth-order valence-electron chi connectivity index (χ4n) is 1.95. The van der Waals surface area contributed by atoms with Gasteiger partial charge in [-0.1, -0.05) is 11.3 Å². The van der Waals surface area contributed by atoms with Crippen LogP contribution in [0, 0.1) is 17.0 Å². The smallest absolute Gasteiger partial charge is 0.273 e. The maximum Gasteiger partial charge on any atom is 0.273 e. The molecule has 0 spiro atoms. The van der Waals surface area contributed by atoms with Crippen LogP contribution in [0.5, 0.6) is 0 Å². The van der Waals surface area contributed by atoms with Gasteiger partial charge in [-0.05, 0) is 27.0 Å². The number of amides is 1. The lowest BCUT2D eigenvalue weighted by Crippen LogP contribution is -2.37. The second-order valence-electron chi connectivity index (χ2n) is 5.11. The molecule has 0 fully saturated rings. The van der Waals surface area contributed by atoms with Crippen LogP contribution in [0.3, 0.4) is 0 Å².